The van der Waals surface area contributed by atoms with Gasteiger partial charge in [0.15, 0.2) is 0 Å². The van der Waals surface area contributed by atoms with Crippen LogP contribution < -0.4 is 0 Å². The zero-order chi connectivity index (χ0) is 22.3. The van der Waals surface area contributed by atoms with Crippen molar-refractivity contribution in [1.82, 2.24) is 0 Å². The molecule has 6 nitrogen and oxygen atoms in total. The molecule has 2 saturated heterocycles. The van der Waals surface area contributed by atoms with Crippen LogP contribution in [-0.2, 0) is 23.8 Å². The van der Waals surface area contributed by atoms with Crippen LogP contribution in [-0.4, -0.2) is 55.0 Å². The van der Waals surface area contributed by atoms with Gasteiger partial charge in [-0.3, -0.25) is 0 Å². The Balaban J connectivity index is 0.000000186. The monoisotopic (exact) mass is 444 g/mol. The summed E-state index contributed by atoms with van der Waals surface area (Å²) in [7, 11) is 0. The standard InChI is InChI=1S/C12H12O3.C9H8O2.C3H5ClO/c13-12(15-9-11-8-14-11)7-6-10-4-2-1-3-5-10;10-9(11)7-6-8-4-2-1-3-5-8;4-1-3-2-5-3/h1-7,11H,8-9H2;1-7H,(H,10,11);3H,1-2H2/b2*7-6+;. The van der Waals surface area contributed by atoms with E-state index in [-0.39, 0.29) is 12.1 Å². The highest BCUT2D eigenvalue weighted by molar-refractivity contribution is 6.18. The maximum Gasteiger partial charge on any atom is 0.330 e. The number of carbonyl (C=O) groups is 2. The minimum atomic E-state index is -0.922. The van der Waals surface area contributed by atoms with Crippen LogP contribution >= 0.6 is 11.6 Å². The van der Waals surface area contributed by atoms with Crippen molar-refractivity contribution in [2.75, 3.05) is 25.7 Å². The molecule has 0 amide bonds. The molecule has 1 N–H and O–H groups in total. The molecule has 2 fully saturated rings. The van der Waals surface area contributed by atoms with Gasteiger partial charge in [-0.1, -0.05) is 60.7 Å². The minimum Gasteiger partial charge on any atom is -0.478 e. The lowest BCUT2D eigenvalue weighted by atomic mass is 10.2. The van der Waals surface area contributed by atoms with Gasteiger partial charge in [0.25, 0.3) is 0 Å². The minimum absolute atomic E-state index is 0.124. The number of rotatable bonds is 7. The van der Waals surface area contributed by atoms with E-state index in [0.29, 0.717) is 25.2 Å². The number of ether oxygens (including phenoxy) is 3. The third-order valence-electron chi connectivity index (χ3n) is 3.82. The Bertz CT molecular complexity index is 843. The molecule has 2 heterocycles. The first-order valence-electron chi connectivity index (χ1n) is 9.72. The highest BCUT2D eigenvalue weighted by Crippen LogP contribution is 2.09. The van der Waals surface area contributed by atoms with Crippen LogP contribution in [0.1, 0.15) is 11.1 Å². The first-order chi connectivity index (χ1) is 15.1. The fourth-order valence-corrected chi connectivity index (χ4v) is 2.18. The van der Waals surface area contributed by atoms with E-state index >= 15 is 0 Å². The number of alkyl halides is 1. The van der Waals surface area contributed by atoms with Gasteiger partial charge in [0.05, 0.1) is 25.2 Å². The molecule has 0 radical (unpaired) electrons. The molecular weight excluding hydrogens is 420 g/mol. The van der Waals surface area contributed by atoms with Crippen LogP contribution in [0.3, 0.4) is 0 Å². The average Bonchev–Trinajstić information content (AvgIpc) is 3.71. The fraction of sp³-hybridized carbons (Fsp3) is 0.250. The number of hydrogen-bond donors (Lipinski definition) is 1. The molecule has 0 aliphatic carbocycles. The first kappa shape index (κ1) is 24.3. The van der Waals surface area contributed by atoms with Gasteiger partial charge in [-0.05, 0) is 23.3 Å². The molecule has 2 atom stereocenters. The van der Waals surface area contributed by atoms with Crippen LogP contribution in [0.15, 0.2) is 72.8 Å². The van der Waals surface area contributed by atoms with E-state index in [1.807, 2.05) is 60.7 Å². The van der Waals surface area contributed by atoms with Crippen LogP contribution in [0.25, 0.3) is 12.2 Å². The predicted molar refractivity (Wildman–Crippen MR) is 120 cm³/mol. The Morgan fingerprint density at radius 1 is 0.903 bits per heavy atom. The van der Waals surface area contributed by atoms with Crippen LogP contribution in [0.5, 0.6) is 0 Å². The summed E-state index contributed by atoms with van der Waals surface area (Å²) in [5, 5.41) is 8.29. The number of hydrogen-bond acceptors (Lipinski definition) is 5. The quantitative estimate of drug-likeness (QED) is 0.300. The second-order valence-corrected chi connectivity index (χ2v) is 6.83. The van der Waals surface area contributed by atoms with Crippen molar-refractivity contribution in [3.63, 3.8) is 0 Å². The van der Waals surface area contributed by atoms with Gasteiger partial charge in [-0.2, -0.15) is 0 Å². The average molecular weight is 445 g/mol. The van der Waals surface area contributed by atoms with Crippen molar-refractivity contribution in [3.05, 3.63) is 83.9 Å². The largest absolute Gasteiger partial charge is 0.478 e. The van der Waals surface area contributed by atoms with E-state index in [1.54, 1.807) is 12.2 Å². The summed E-state index contributed by atoms with van der Waals surface area (Å²) in [5.41, 5.74) is 1.88. The number of carbonyl (C=O) groups excluding carboxylic acids is 1. The molecule has 0 saturated carbocycles. The number of esters is 1. The Hall–Kier alpha value is -2.93. The topological polar surface area (TPSA) is 88.7 Å². The Morgan fingerprint density at radius 3 is 1.77 bits per heavy atom. The molecule has 2 aliphatic rings. The molecule has 2 aromatic carbocycles. The van der Waals surface area contributed by atoms with Gasteiger partial charge >= 0.3 is 11.9 Å². The number of benzene rings is 2. The molecular formula is C24H25ClO6. The number of epoxide rings is 2. The van der Waals surface area contributed by atoms with E-state index < -0.39 is 5.97 Å². The van der Waals surface area contributed by atoms with E-state index in [0.717, 1.165) is 23.8 Å². The molecule has 31 heavy (non-hydrogen) atoms. The molecule has 164 valence electrons. The van der Waals surface area contributed by atoms with Gasteiger partial charge in [0.2, 0.25) is 0 Å². The summed E-state index contributed by atoms with van der Waals surface area (Å²) in [6.45, 7) is 1.94. The fourth-order valence-electron chi connectivity index (χ4n) is 2.00. The highest BCUT2D eigenvalue weighted by Gasteiger charge is 2.23. The van der Waals surface area contributed by atoms with Crippen molar-refractivity contribution in [1.29, 1.82) is 0 Å². The predicted octanol–water partition coefficient (Wildman–Crippen LogP) is 4.05. The van der Waals surface area contributed by atoms with Crippen LogP contribution in [0.4, 0.5) is 0 Å². The smallest absolute Gasteiger partial charge is 0.330 e. The van der Waals surface area contributed by atoms with E-state index in [2.05, 4.69) is 0 Å². The Morgan fingerprint density at radius 2 is 1.39 bits per heavy atom. The summed E-state index contributed by atoms with van der Waals surface area (Å²) >= 11 is 5.27. The lowest BCUT2D eigenvalue weighted by Crippen LogP contribution is -2.06. The molecule has 0 spiro atoms. The van der Waals surface area contributed by atoms with Crippen molar-refractivity contribution >= 4 is 35.7 Å². The third kappa shape index (κ3) is 13.1. The summed E-state index contributed by atoms with van der Waals surface area (Å²) < 4.78 is 14.6. The Kier molecular flexibility index (Phi) is 11.1. The maximum atomic E-state index is 11.2. The van der Waals surface area contributed by atoms with Crippen molar-refractivity contribution < 1.29 is 28.9 Å². The van der Waals surface area contributed by atoms with Gasteiger partial charge in [-0.25, -0.2) is 9.59 Å². The third-order valence-corrected chi connectivity index (χ3v) is 4.16. The lowest BCUT2D eigenvalue weighted by molar-refractivity contribution is -0.138. The summed E-state index contributed by atoms with van der Waals surface area (Å²) in [4.78, 5) is 21.3. The van der Waals surface area contributed by atoms with E-state index in [9.17, 15) is 9.59 Å². The first-order valence-corrected chi connectivity index (χ1v) is 10.3. The van der Waals surface area contributed by atoms with Crippen LogP contribution in [0, 0.1) is 0 Å². The van der Waals surface area contributed by atoms with E-state index in [1.165, 1.54) is 6.08 Å². The van der Waals surface area contributed by atoms with Gasteiger partial charge in [-0.15, -0.1) is 11.6 Å². The van der Waals surface area contributed by atoms with Gasteiger partial charge in [0.1, 0.15) is 12.7 Å². The molecule has 4 rings (SSSR count). The van der Waals surface area contributed by atoms with Gasteiger partial charge in [0, 0.05) is 12.2 Å². The molecule has 0 aromatic heterocycles. The van der Waals surface area contributed by atoms with Gasteiger partial charge < -0.3 is 19.3 Å². The second kappa shape index (κ2) is 14.1. The normalized spacial score (nSPS) is 18.4. The number of halogens is 1. The number of carboxylic acid groups (broad SMARTS) is 1. The number of aliphatic carboxylic acids is 1. The molecule has 2 aromatic rings. The van der Waals surface area contributed by atoms with Crippen LogP contribution in [0.2, 0.25) is 0 Å². The highest BCUT2D eigenvalue weighted by atomic mass is 35.5. The maximum absolute atomic E-state index is 11.2. The summed E-state index contributed by atoms with van der Waals surface area (Å²) in [6.07, 6.45) is 6.36. The SMILES string of the molecule is ClCC1CO1.O=C(/C=C/c1ccccc1)OCC1CO1.O=C(O)/C=C/c1ccccc1. The molecule has 7 heteroatoms. The molecule has 2 unspecified atom stereocenters. The second-order valence-electron chi connectivity index (χ2n) is 6.52. The van der Waals surface area contributed by atoms with Crippen molar-refractivity contribution in [2.24, 2.45) is 0 Å². The molecule has 2 aliphatic heterocycles. The zero-order valence-corrected chi connectivity index (χ0v) is 17.7. The van der Waals surface area contributed by atoms with Crippen molar-refractivity contribution in [3.8, 4) is 0 Å². The summed E-state index contributed by atoms with van der Waals surface area (Å²) in [6, 6.07) is 18.9. The lowest BCUT2D eigenvalue weighted by Gasteiger charge is -1.97. The Labute approximate surface area is 186 Å². The van der Waals surface area contributed by atoms with E-state index in [4.69, 9.17) is 30.9 Å². The molecule has 0 bridgehead atoms. The zero-order valence-electron chi connectivity index (χ0n) is 16.9. The number of carboxylic acids is 1. The summed E-state index contributed by atoms with van der Waals surface area (Å²) in [5.74, 6) is -0.580. The van der Waals surface area contributed by atoms with Crippen molar-refractivity contribution in [2.45, 2.75) is 12.2 Å².